The van der Waals surface area contributed by atoms with Crippen LogP contribution < -0.4 is 5.43 Å². The third kappa shape index (κ3) is 8.64. The molecule has 0 heterocycles. The topological polar surface area (TPSA) is 58.6 Å². The molecule has 0 bridgehead atoms. The predicted molar refractivity (Wildman–Crippen MR) is 132 cm³/mol. The van der Waals surface area contributed by atoms with Crippen molar-refractivity contribution in [2.45, 2.75) is 38.0 Å². The lowest BCUT2D eigenvalue weighted by atomic mass is 9.95. The number of hydrogen-bond donors (Lipinski definition) is 1. The lowest BCUT2D eigenvalue weighted by Gasteiger charge is -2.20. The number of halogens is 10. The van der Waals surface area contributed by atoms with Gasteiger partial charge in [0.1, 0.15) is 11.7 Å². The summed E-state index contributed by atoms with van der Waals surface area (Å²) >= 11 is 17.3. The molecule has 0 aromatic heterocycles. The van der Waals surface area contributed by atoms with Gasteiger partial charge >= 0.3 is 18.4 Å². The van der Waals surface area contributed by atoms with E-state index in [1.165, 1.54) is 0 Å². The van der Waals surface area contributed by atoms with E-state index >= 15 is 0 Å². The van der Waals surface area contributed by atoms with E-state index in [1.807, 2.05) is 12.3 Å². The van der Waals surface area contributed by atoms with Gasteiger partial charge in [-0.2, -0.15) is 26.3 Å². The van der Waals surface area contributed by atoms with Crippen molar-refractivity contribution in [3.05, 3.63) is 73.7 Å². The SMILES string of the molecule is CCCCOC(=O)N(C)NC(=O)c1ccc(/C(F)=C/C(c2cc(Cl)c(Cl)c(Cl)c2)C(F)(F)F)cc1C(F)(F)F. The van der Waals surface area contributed by atoms with Crippen LogP contribution in [0.15, 0.2) is 36.4 Å². The first kappa shape index (κ1) is 32.5. The van der Waals surface area contributed by atoms with Gasteiger partial charge in [0, 0.05) is 12.6 Å². The fourth-order valence-corrected chi connectivity index (χ4v) is 3.77. The summed E-state index contributed by atoms with van der Waals surface area (Å²) in [5.41, 5.74) is -2.29. The first-order valence-electron chi connectivity index (χ1n) is 11.0. The summed E-state index contributed by atoms with van der Waals surface area (Å²) in [6.45, 7) is 1.84. The van der Waals surface area contributed by atoms with Gasteiger partial charge < -0.3 is 4.74 Å². The highest BCUT2D eigenvalue weighted by Gasteiger charge is 2.41. The molecule has 0 spiro atoms. The molecule has 15 heteroatoms. The number of carbonyl (C=O) groups is 2. The Morgan fingerprint density at radius 3 is 2.15 bits per heavy atom. The number of alkyl halides is 6. The maximum Gasteiger partial charge on any atom is 0.428 e. The zero-order chi connectivity index (χ0) is 29.7. The molecular weight excluding hydrogens is 604 g/mol. The number of unbranched alkanes of at least 4 members (excludes halogenated alkanes) is 1. The highest BCUT2D eigenvalue weighted by Crippen LogP contribution is 2.42. The Bertz CT molecular complexity index is 1230. The molecular formula is C24H20Cl3F7N2O3. The van der Waals surface area contributed by atoms with Gasteiger partial charge in [-0.15, -0.1) is 0 Å². The third-order valence-corrected chi connectivity index (χ3v) is 6.34. The molecule has 2 amide bonds. The van der Waals surface area contributed by atoms with E-state index in [-0.39, 0.29) is 33.8 Å². The van der Waals surface area contributed by atoms with Crippen molar-refractivity contribution < 1.29 is 45.1 Å². The zero-order valence-corrected chi connectivity index (χ0v) is 22.4. The molecule has 0 radical (unpaired) electrons. The van der Waals surface area contributed by atoms with Crippen LogP contribution in [0.25, 0.3) is 5.83 Å². The van der Waals surface area contributed by atoms with E-state index in [2.05, 4.69) is 0 Å². The molecule has 1 unspecified atom stereocenters. The van der Waals surface area contributed by atoms with Crippen LogP contribution in [0.2, 0.25) is 15.1 Å². The van der Waals surface area contributed by atoms with Crippen molar-refractivity contribution in [2.75, 3.05) is 13.7 Å². The van der Waals surface area contributed by atoms with Crippen LogP contribution in [0, 0.1) is 0 Å². The van der Waals surface area contributed by atoms with Gasteiger partial charge in [0.25, 0.3) is 5.91 Å². The highest BCUT2D eigenvalue weighted by molar-refractivity contribution is 6.48. The molecule has 39 heavy (non-hydrogen) atoms. The Hall–Kier alpha value is -2.70. The Morgan fingerprint density at radius 2 is 1.64 bits per heavy atom. The van der Waals surface area contributed by atoms with Crippen molar-refractivity contribution in [1.82, 2.24) is 10.4 Å². The Morgan fingerprint density at radius 1 is 1.05 bits per heavy atom. The molecule has 1 N–H and O–H groups in total. The molecule has 0 saturated carbocycles. The summed E-state index contributed by atoms with van der Waals surface area (Å²) in [5.74, 6) is -5.73. The molecule has 0 aliphatic carbocycles. The van der Waals surface area contributed by atoms with Crippen molar-refractivity contribution >= 4 is 52.6 Å². The van der Waals surface area contributed by atoms with Crippen LogP contribution in [0.3, 0.4) is 0 Å². The molecule has 5 nitrogen and oxygen atoms in total. The lowest BCUT2D eigenvalue weighted by molar-refractivity contribution is -0.140. The number of hydrogen-bond acceptors (Lipinski definition) is 3. The van der Waals surface area contributed by atoms with Crippen molar-refractivity contribution in [2.24, 2.45) is 0 Å². The quantitative estimate of drug-likeness (QED) is 0.145. The van der Waals surface area contributed by atoms with Gasteiger partial charge in [-0.3, -0.25) is 10.2 Å². The van der Waals surface area contributed by atoms with Gasteiger partial charge in [0.2, 0.25) is 0 Å². The monoisotopic (exact) mass is 622 g/mol. The minimum absolute atomic E-state index is 0.0109. The molecule has 1 atom stereocenters. The van der Waals surface area contributed by atoms with E-state index in [9.17, 15) is 40.3 Å². The molecule has 0 fully saturated rings. The van der Waals surface area contributed by atoms with E-state index in [4.69, 9.17) is 39.5 Å². The Labute approximate surface area is 233 Å². The number of amides is 2. The largest absolute Gasteiger partial charge is 0.448 e. The smallest absolute Gasteiger partial charge is 0.428 e. The second-order valence-electron chi connectivity index (χ2n) is 8.06. The molecule has 2 aromatic rings. The van der Waals surface area contributed by atoms with Gasteiger partial charge in [0.15, 0.2) is 0 Å². The summed E-state index contributed by atoms with van der Waals surface area (Å²) in [6, 6.07) is 3.03. The molecule has 2 rings (SSSR count). The summed E-state index contributed by atoms with van der Waals surface area (Å²) in [6.07, 6.45) is -10.1. The first-order chi connectivity index (χ1) is 18.0. The summed E-state index contributed by atoms with van der Waals surface area (Å²) in [4.78, 5) is 24.3. The molecule has 0 saturated heterocycles. The number of ether oxygens (including phenoxy) is 1. The van der Waals surface area contributed by atoms with Gasteiger partial charge in [0.05, 0.1) is 32.8 Å². The summed E-state index contributed by atoms with van der Waals surface area (Å²) in [5, 5.41) is -0.425. The van der Waals surface area contributed by atoms with Crippen LogP contribution in [0.1, 0.15) is 52.7 Å². The van der Waals surface area contributed by atoms with Crippen LogP contribution >= 0.6 is 34.8 Å². The van der Waals surface area contributed by atoms with Gasteiger partial charge in [-0.05, 0) is 42.3 Å². The number of carbonyl (C=O) groups excluding carboxylic acids is 2. The van der Waals surface area contributed by atoms with E-state index in [1.54, 1.807) is 0 Å². The van der Waals surface area contributed by atoms with E-state index < -0.39 is 58.4 Å². The van der Waals surface area contributed by atoms with Gasteiger partial charge in [-0.25, -0.2) is 14.2 Å². The second kappa shape index (κ2) is 13.1. The van der Waals surface area contributed by atoms with Crippen molar-refractivity contribution in [3.63, 3.8) is 0 Å². The molecule has 214 valence electrons. The predicted octanol–water partition coefficient (Wildman–Crippen LogP) is 8.84. The number of benzene rings is 2. The van der Waals surface area contributed by atoms with E-state index in [0.29, 0.717) is 30.0 Å². The van der Waals surface area contributed by atoms with Crippen molar-refractivity contribution in [1.29, 1.82) is 0 Å². The fraction of sp³-hybridized carbons (Fsp3) is 0.333. The maximum atomic E-state index is 15.0. The molecule has 0 aliphatic heterocycles. The first-order valence-corrected chi connectivity index (χ1v) is 12.1. The third-order valence-electron chi connectivity index (χ3n) is 5.14. The lowest BCUT2D eigenvalue weighted by Crippen LogP contribution is -2.44. The molecule has 0 aliphatic rings. The van der Waals surface area contributed by atoms with E-state index in [0.717, 1.165) is 19.2 Å². The fourth-order valence-electron chi connectivity index (χ4n) is 3.16. The van der Waals surface area contributed by atoms with Crippen LogP contribution in [-0.4, -0.2) is 36.8 Å². The Kier molecular flexibility index (Phi) is 10.9. The minimum Gasteiger partial charge on any atom is -0.448 e. The Balaban J connectivity index is 2.45. The maximum absolute atomic E-state index is 15.0. The van der Waals surface area contributed by atoms with Crippen LogP contribution in [0.5, 0.6) is 0 Å². The summed E-state index contributed by atoms with van der Waals surface area (Å²) < 4.78 is 102. The standard InChI is InChI=1S/C24H20Cl3F7N2O3/c1-3-4-7-39-22(38)36(2)35-21(37)14-6-5-12(8-16(14)24(32,33)34)19(28)11-15(23(29,30)31)13-9-17(25)20(27)18(26)10-13/h5-6,8-11,15H,3-4,7H2,1-2H3,(H,35,37)/b19-11-. The highest BCUT2D eigenvalue weighted by atomic mass is 35.5. The van der Waals surface area contributed by atoms with Crippen molar-refractivity contribution in [3.8, 4) is 0 Å². The molecule has 2 aromatic carbocycles. The number of hydrazine groups is 1. The van der Waals surface area contributed by atoms with Crippen LogP contribution in [0.4, 0.5) is 35.5 Å². The number of nitrogens with zero attached hydrogens (tertiary/aromatic N) is 1. The number of nitrogens with one attached hydrogen (secondary N) is 1. The summed E-state index contributed by atoms with van der Waals surface area (Å²) in [7, 11) is 1.03. The van der Waals surface area contributed by atoms with Crippen LogP contribution in [-0.2, 0) is 10.9 Å². The average Bonchev–Trinajstić information content (AvgIpc) is 2.83. The average molecular weight is 624 g/mol. The zero-order valence-electron chi connectivity index (χ0n) is 20.1. The number of rotatable bonds is 7. The van der Waals surface area contributed by atoms with Gasteiger partial charge in [-0.1, -0.05) is 54.2 Å². The normalized spacial score (nSPS) is 13.2. The minimum atomic E-state index is -5.22. The second-order valence-corrected chi connectivity index (χ2v) is 9.25. The number of allylic oxidation sites excluding steroid dienone is 1.